The van der Waals surface area contributed by atoms with Crippen LogP contribution in [0.3, 0.4) is 0 Å². The van der Waals surface area contributed by atoms with Crippen LogP contribution in [0.1, 0.15) is 52.6 Å². The van der Waals surface area contributed by atoms with E-state index in [1.807, 2.05) is 71.9 Å². The summed E-state index contributed by atoms with van der Waals surface area (Å²) in [5.41, 5.74) is 3.54. The van der Waals surface area contributed by atoms with Crippen molar-refractivity contribution in [2.75, 3.05) is 0 Å². The van der Waals surface area contributed by atoms with Gasteiger partial charge in [0.15, 0.2) is 5.82 Å². The van der Waals surface area contributed by atoms with Gasteiger partial charge in [0.25, 0.3) is 0 Å². The van der Waals surface area contributed by atoms with Crippen LogP contribution in [0.15, 0.2) is 53.8 Å². The number of aryl methyl sites for hydroxylation is 1. The molecule has 0 aliphatic heterocycles. The summed E-state index contributed by atoms with van der Waals surface area (Å²) in [6, 6.07) is 7.92. The van der Waals surface area contributed by atoms with Crippen molar-refractivity contribution in [2.24, 2.45) is 0 Å². The fourth-order valence-electron chi connectivity index (χ4n) is 2.45. The van der Waals surface area contributed by atoms with Crippen molar-refractivity contribution in [3.8, 4) is 0 Å². The van der Waals surface area contributed by atoms with Crippen LogP contribution >= 0.6 is 0 Å². The molecule has 1 aliphatic rings. The second-order valence-electron chi connectivity index (χ2n) is 4.94. The lowest BCUT2D eigenvalue weighted by atomic mass is 10.0. The molecule has 24 heavy (non-hydrogen) atoms. The number of fused-ring (bicyclic) bond motifs is 1. The Balaban J connectivity index is 0.000000671. The van der Waals surface area contributed by atoms with Gasteiger partial charge in [-0.25, -0.2) is 9.97 Å². The normalized spacial score (nSPS) is 13.3. The van der Waals surface area contributed by atoms with Gasteiger partial charge in [-0.05, 0) is 38.0 Å². The van der Waals surface area contributed by atoms with Gasteiger partial charge < -0.3 is 5.11 Å². The third-order valence-corrected chi connectivity index (χ3v) is 3.50. The molecule has 1 aromatic heterocycles. The van der Waals surface area contributed by atoms with Crippen molar-refractivity contribution in [3.05, 3.63) is 65.3 Å². The van der Waals surface area contributed by atoms with E-state index in [0.717, 1.165) is 28.6 Å². The molecule has 1 N–H and O–H groups in total. The molecule has 0 fully saturated rings. The first kappa shape index (κ1) is 19.6. The van der Waals surface area contributed by atoms with Gasteiger partial charge in [-0.15, -0.1) is 0 Å². The topological polar surface area (TPSA) is 46.0 Å². The number of aliphatic hydroxyl groups is 1. The summed E-state index contributed by atoms with van der Waals surface area (Å²) in [6.45, 7) is 11.9. The zero-order valence-corrected chi connectivity index (χ0v) is 15.6. The fourth-order valence-corrected chi connectivity index (χ4v) is 2.45. The molecule has 3 heteroatoms. The fraction of sp³-hybridized carbons (Fsp3) is 0.333. The summed E-state index contributed by atoms with van der Waals surface area (Å²) in [6.07, 6.45) is 6.53. The number of allylic oxidation sites excluding steroid dienone is 5. The van der Waals surface area contributed by atoms with Gasteiger partial charge in [-0.2, -0.15) is 0 Å². The molecule has 2 aromatic rings. The summed E-state index contributed by atoms with van der Waals surface area (Å²) in [7, 11) is 0. The monoisotopic (exact) mass is 324 g/mol. The maximum Gasteiger partial charge on any atom is 0.164 e. The van der Waals surface area contributed by atoms with Crippen molar-refractivity contribution in [2.45, 2.75) is 48.0 Å². The molecule has 128 valence electrons. The Labute approximate surface area is 145 Å². The van der Waals surface area contributed by atoms with Crippen molar-refractivity contribution in [1.82, 2.24) is 9.97 Å². The highest BCUT2D eigenvalue weighted by atomic mass is 16.3. The Hall–Kier alpha value is -2.42. The SMILES string of the molecule is CC.CC.CC1=CCC=CC(O)=C1c1nc(C)c2ccccc2n1. The van der Waals surface area contributed by atoms with Crippen molar-refractivity contribution >= 4 is 16.5 Å². The first-order valence-corrected chi connectivity index (χ1v) is 8.67. The first-order chi connectivity index (χ1) is 11.7. The highest BCUT2D eigenvalue weighted by Crippen LogP contribution is 2.28. The van der Waals surface area contributed by atoms with Gasteiger partial charge >= 0.3 is 0 Å². The van der Waals surface area contributed by atoms with E-state index < -0.39 is 0 Å². The molecule has 0 unspecified atom stereocenters. The maximum atomic E-state index is 10.2. The second kappa shape index (κ2) is 9.66. The van der Waals surface area contributed by atoms with Gasteiger partial charge in [-0.1, -0.05) is 58.0 Å². The van der Waals surface area contributed by atoms with Gasteiger partial charge in [0.05, 0.1) is 11.1 Å². The first-order valence-electron chi connectivity index (χ1n) is 8.67. The molecule has 3 rings (SSSR count). The zero-order chi connectivity index (χ0) is 18.1. The Morgan fingerprint density at radius 1 is 0.958 bits per heavy atom. The number of aromatic nitrogens is 2. The van der Waals surface area contributed by atoms with E-state index in [4.69, 9.17) is 0 Å². The van der Waals surface area contributed by atoms with Crippen LogP contribution in [-0.4, -0.2) is 15.1 Å². The van der Waals surface area contributed by atoms with Crippen LogP contribution in [0.4, 0.5) is 0 Å². The molecule has 3 nitrogen and oxygen atoms in total. The Kier molecular flexibility index (Phi) is 7.90. The largest absolute Gasteiger partial charge is 0.507 e. The Morgan fingerprint density at radius 2 is 1.62 bits per heavy atom. The third kappa shape index (κ3) is 4.31. The minimum Gasteiger partial charge on any atom is -0.507 e. The predicted octanol–water partition coefficient (Wildman–Crippen LogP) is 6.17. The molecule has 1 aromatic carbocycles. The maximum absolute atomic E-state index is 10.2. The Bertz CT molecular complexity index is 771. The molecular weight excluding hydrogens is 296 g/mol. The van der Waals surface area contributed by atoms with E-state index in [-0.39, 0.29) is 5.76 Å². The Morgan fingerprint density at radius 3 is 2.33 bits per heavy atom. The van der Waals surface area contributed by atoms with Crippen LogP contribution < -0.4 is 0 Å². The lowest BCUT2D eigenvalue weighted by molar-refractivity contribution is 0.435. The van der Waals surface area contributed by atoms with E-state index in [9.17, 15) is 5.11 Å². The van der Waals surface area contributed by atoms with Crippen LogP contribution in [0.25, 0.3) is 16.5 Å². The average molecular weight is 324 g/mol. The standard InChI is InChI=1S/C17H16N2O.2C2H6/c1-11-7-3-6-10-15(20)16(11)17-18-12(2)13-8-4-5-9-14(13)19-17;2*1-2/h4-10,20H,3H2,1-2H3;2*1-2H3. The van der Waals surface area contributed by atoms with E-state index in [1.165, 1.54) is 0 Å². The highest BCUT2D eigenvalue weighted by Gasteiger charge is 2.15. The van der Waals surface area contributed by atoms with Crippen LogP contribution in [-0.2, 0) is 0 Å². The smallest absolute Gasteiger partial charge is 0.164 e. The molecule has 0 atom stereocenters. The third-order valence-electron chi connectivity index (χ3n) is 3.50. The molecule has 0 bridgehead atoms. The van der Waals surface area contributed by atoms with Crippen molar-refractivity contribution in [3.63, 3.8) is 0 Å². The minimum absolute atomic E-state index is 0.228. The number of para-hydroxylation sites is 1. The van der Waals surface area contributed by atoms with Crippen molar-refractivity contribution < 1.29 is 5.11 Å². The number of hydrogen-bond acceptors (Lipinski definition) is 3. The molecule has 1 aliphatic carbocycles. The molecule has 0 amide bonds. The number of rotatable bonds is 1. The van der Waals surface area contributed by atoms with Gasteiger partial charge in [0.2, 0.25) is 0 Å². The minimum atomic E-state index is 0.228. The molecule has 0 saturated carbocycles. The summed E-state index contributed by atoms with van der Waals surface area (Å²) in [4.78, 5) is 9.16. The van der Waals surface area contributed by atoms with E-state index in [0.29, 0.717) is 11.4 Å². The number of aliphatic hydroxyl groups excluding tert-OH is 1. The summed E-state index contributed by atoms with van der Waals surface area (Å²) in [5, 5.41) is 11.3. The molecule has 1 heterocycles. The van der Waals surface area contributed by atoms with Crippen LogP contribution in [0.2, 0.25) is 0 Å². The zero-order valence-electron chi connectivity index (χ0n) is 15.6. The van der Waals surface area contributed by atoms with E-state index in [1.54, 1.807) is 6.08 Å². The summed E-state index contributed by atoms with van der Waals surface area (Å²) < 4.78 is 0. The quantitative estimate of drug-likeness (QED) is 0.682. The number of nitrogens with zero attached hydrogens (tertiary/aromatic N) is 2. The molecular formula is C21H28N2O. The van der Waals surface area contributed by atoms with Crippen LogP contribution in [0, 0.1) is 6.92 Å². The molecule has 0 radical (unpaired) electrons. The van der Waals surface area contributed by atoms with Gasteiger partial charge in [0.1, 0.15) is 5.76 Å². The lowest BCUT2D eigenvalue weighted by Gasteiger charge is -2.10. The number of hydrogen-bond donors (Lipinski definition) is 1. The predicted molar refractivity (Wildman–Crippen MR) is 104 cm³/mol. The summed E-state index contributed by atoms with van der Waals surface area (Å²) in [5.74, 6) is 0.810. The van der Waals surface area contributed by atoms with Gasteiger partial charge in [-0.3, -0.25) is 0 Å². The van der Waals surface area contributed by atoms with Crippen molar-refractivity contribution in [1.29, 1.82) is 0 Å². The molecule has 0 spiro atoms. The highest BCUT2D eigenvalue weighted by molar-refractivity contribution is 5.85. The number of benzene rings is 1. The lowest BCUT2D eigenvalue weighted by Crippen LogP contribution is -2.01. The van der Waals surface area contributed by atoms with E-state index in [2.05, 4.69) is 16.0 Å². The van der Waals surface area contributed by atoms with E-state index >= 15 is 0 Å². The second-order valence-corrected chi connectivity index (χ2v) is 4.94. The summed E-state index contributed by atoms with van der Waals surface area (Å²) >= 11 is 0. The molecule has 0 saturated heterocycles. The van der Waals surface area contributed by atoms with Gasteiger partial charge in [0, 0.05) is 11.1 Å². The van der Waals surface area contributed by atoms with Crippen LogP contribution in [0.5, 0.6) is 0 Å². The average Bonchev–Trinajstić information content (AvgIpc) is 2.79.